The van der Waals surface area contributed by atoms with Crippen molar-refractivity contribution in [2.75, 3.05) is 21.7 Å². The molecule has 288 valence electrons. The monoisotopic (exact) mass is 807 g/mol. The van der Waals surface area contributed by atoms with Gasteiger partial charge in [-0.05, 0) is 91.0 Å². The fourth-order valence-corrected chi connectivity index (χ4v) is 10.5. The Morgan fingerprint density at radius 1 is 0.283 bits per heavy atom. The van der Waals surface area contributed by atoms with Gasteiger partial charge in [0.1, 0.15) is 0 Å². The molecule has 0 radical (unpaired) electrons. The van der Waals surface area contributed by atoms with E-state index in [1.54, 1.807) is 0 Å². The van der Waals surface area contributed by atoms with Crippen LogP contribution in [-0.4, -0.2) is 7.05 Å². The summed E-state index contributed by atoms with van der Waals surface area (Å²) in [5.41, 5.74) is 9.45. The summed E-state index contributed by atoms with van der Waals surface area (Å²) in [6.07, 6.45) is 0. The highest BCUT2D eigenvalue weighted by molar-refractivity contribution is 7.26. The Kier molecular flexibility index (Phi) is 10.3. The third-order valence-corrected chi connectivity index (χ3v) is 13.3. The highest BCUT2D eigenvalue weighted by atomic mass is 32.1. The Hall–Kier alpha value is -7.18. The van der Waals surface area contributed by atoms with Crippen molar-refractivity contribution in [3.63, 3.8) is 0 Å². The highest BCUT2D eigenvalue weighted by Crippen LogP contribution is 2.46. The number of fused-ring (bicyclic) bond motifs is 6. The molecular formula is C55H41N3S2. The molecule has 0 aliphatic heterocycles. The first kappa shape index (κ1) is 37.1. The standard InChI is InChI=1S/C31H24N2S.C24H17NS/c1-32(23-12-5-2-6-13-23)26-20-21-27-28-18-11-19-29(31(28)34-30(27)22-26)33(24-14-7-3-8-15-24)25-16-9-4-10-17-25;1-3-10-18(11-4-1)25(19-12-5-2-6-13-19)22-16-9-15-21-20-14-7-8-17-23(20)26-24(21)22/h2-22H,1H3;1-17H. The summed E-state index contributed by atoms with van der Waals surface area (Å²) in [4.78, 5) is 6.94. The van der Waals surface area contributed by atoms with E-state index in [0.717, 1.165) is 11.4 Å². The second-order valence-corrected chi connectivity index (χ2v) is 16.7. The van der Waals surface area contributed by atoms with Crippen molar-refractivity contribution in [2.24, 2.45) is 0 Å². The highest BCUT2D eigenvalue weighted by Gasteiger charge is 2.19. The first-order valence-corrected chi connectivity index (χ1v) is 21.8. The van der Waals surface area contributed by atoms with Crippen LogP contribution in [0.5, 0.6) is 0 Å². The van der Waals surface area contributed by atoms with Crippen molar-refractivity contribution in [3.8, 4) is 0 Å². The molecular weight excluding hydrogens is 767 g/mol. The number of benzene rings is 9. The van der Waals surface area contributed by atoms with E-state index >= 15 is 0 Å². The minimum absolute atomic E-state index is 1.16. The van der Waals surface area contributed by atoms with Crippen LogP contribution in [0.25, 0.3) is 40.3 Å². The van der Waals surface area contributed by atoms with E-state index < -0.39 is 0 Å². The van der Waals surface area contributed by atoms with Gasteiger partial charge in [0.15, 0.2) is 0 Å². The Morgan fingerprint density at radius 3 is 1.12 bits per heavy atom. The zero-order valence-electron chi connectivity index (χ0n) is 33.1. The number of para-hydroxylation sites is 5. The van der Waals surface area contributed by atoms with E-state index in [4.69, 9.17) is 0 Å². The lowest BCUT2D eigenvalue weighted by Gasteiger charge is -2.25. The molecule has 11 rings (SSSR count). The summed E-state index contributed by atoms with van der Waals surface area (Å²) in [7, 11) is 2.13. The minimum Gasteiger partial charge on any atom is -0.345 e. The normalized spacial score (nSPS) is 11.1. The Balaban J connectivity index is 0.000000149. The molecule has 0 saturated carbocycles. The lowest BCUT2D eigenvalue weighted by atomic mass is 10.1. The fraction of sp³-hybridized carbons (Fsp3) is 0.0182. The fourth-order valence-electron chi connectivity index (χ4n) is 8.03. The van der Waals surface area contributed by atoms with Crippen molar-refractivity contribution in [1.29, 1.82) is 0 Å². The summed E-state index contributed by atoms with van der Waals surface area (Å²) in [5, 5.41) is 5.24. The van der Waals surface area contributed by atoms with Crippen molar-refractivity contribution >= 4 is 109 Å². The average Bonchev–Trinajstić information content (AvgIpc) is 3.90. The summed E-state index contributed by atoms with van der Waals surface area (Å²) in [6, 6.07) is 81.6. The van der Waals surface area contributed by atoms with E-state index in [1.807, 2.05) is 22.7 Å². The molecule has 0 unspecified atom stereocenters. The predicted molar refractivity (Wildman–Crippen MR) is 263 cm³/mol. The first-order chi connectivity index (χ1) is 29.7. The van der Waals surface area contributed by atoms with Crippen LogP contribution >= 0.6 is 22.7 Å². The van der Waals surface area contributed by atoms with E-state index in [0.29, 0.717) is 0 Å². The Labute approximate surface area is 358 Å². The average molecular weight is 808 g/mol. The van der Waals surface area contributed by atoms with Crippen LogP contribution in [0, 0.1) is 0 Å². The second-order valence-electron chi connectivity index (χ2n) is 14.6. The maximum atomic E-state index is 2.36. The van der Waals surface area contributed by atoms with Crippen LogP contribution in [0.4, 0.5) is 45.5 Å². The van der Waals surface area contributed by atoms with Gasteiger partial charge in [-0.1, -0.05) is 140 Å². The molecule has 0 aliphatic rings. The van der Waals surface area contributed by atoms with E-state index in [9.17, 15) is 0 Å². The van der Waals surface area contributed by atoms with Gasteiger partial charge in [-0.3, -0.25) is 0 Å². The van der Waals surface area contributed by atoms with Crippen LogP contribution < -0.4 is 14.7 Å². The maximum absolute atomic E-state index is 2.36. The van der Waals surface area contributed by atoms with Gasteiger partial charge in [0.25, 0.3) is 0 Å². The van der Waals surface area contributed by atoms with Gasteiger partial charge >= 0.3 is 0 Å². The van der Waals surface area contributed by atoms with Crippen LogP contribution in [0.3, 0.4) is 0 Å². The molecule has 0 aliphatic carbocycles. The van der Waals surface area contributed by atoms with Gasteiger partial charge in [0.05, 0.1) is 20.8 Å². The van der Waals surface area contributed by atoms with E-state index in [-0.39, 0.29) is 0 Å². The molecule has 0 saturated heterocycles. The van der Waals surface area contributed by atoms with Crippen LogP contribution in [0.15, 0.2) is 231 Å². The SMILES string of the molecule is CN(c1ccccc1)c1ccc2c(c1)sc1c(N(c3ccccc3)c3ccccc3)cccc12.c1ccc(N(c2ccccc2)c2cccc3c2sc2ccccc23)cc1. The summed E-state index contributed by atoms with van der Waals surface area (Å²) < 4.78 is 5.24. The number of anilines is 8. The molecule has 0 atom stereocenters. The van der Waals surface area contributed by atoms with E-state index in [1.165, 1.54) is 74.5 Å². The third-order valence-electron chi connectivity index (χ3n) is 10.9. The van der Waals surface area contributed by atoms with Gasteiger partial charge in [-0.15, -0.1) is 22.7 Å². The summed E-state index contributed by atoms with van der Waals surface area (Å²) >= 11 is 3.73. The maximum Gasteiger partial charge on any atom is 0.0640 e. The van der Waals surface area contributed by atoms with Gasteiger partial charge in [0.2, 0.25) is 0 Å². The summed E-state index contributed by atoms with van der Waals surface area (Å²) in [6.45, 7) is 0. The number of nitrogens with zero attached hydrogens (tertiary/aromatic N) is 3. The Morgan fingerprint density at radius 2 is 0.650 bits per heavy atom. The lowest BCUT2D eigenvalue weighted by Crippen LogP contribution is -2.09. The van der Waals surface area contributed by atoms with Crippen molar-refractivity contribution in [3.05, 3.63) is 231 Å². The van der Waals surface area contributed by atoms with Crippen LogP contribution in [-0.2, 0) is 0 Å². The molecule has 0 bridgehead atoms. The molecule has 9 aromatic carbocycles. The molecule has 11 aromatic rings. The third kappa shape index (κ3) is 7.15. The molecule has 0 spiro atoms. The number of hydrogen-bond acceptors (Lipinski definition) is 5. The lowest BCUT2D eigenvalue weighted by molar-refractivity contribution is 1.21. The topological polar surface area (TPSA) is 9.72 Å². The first-order valence-electron chi connectivity index (χ1n) is 20.2. The van der Waals surface area contributed by atoms with Crippen molar-refractivity contribution in [2.45, 2.75) is 0 Å². The molecule has 0 fully saturated rings. The van der Waals surface area contributed by atoms with Crippen molar-refractivity contribution < 1.29 is 0 Å². The van der Waals surface area contributed by atoms with E-state index in [2.05, 4.69) is 252 Å². The molecule has 0 N–H and O–H groups in total. The largest absolute Gasteiger partial charge is 0.345 e. The molecule has 60 heavy (non-hydrogen) atoms. The van der Waals surface area contributed by atoms with Gasteiger partial charge in [-0.25, -0.2) is 0 Å². The van der Waals surface area contributed by atoms with Gasteiger partial charge < -0.3 is 14.7 Å². The molecule has 0 amide bonds. The summed E-state index contributed by atoms with van der Waals surface area (Å²) in [5.74, 6) is 0. The number of rotatable bonds is 8. The molecule has 2 aromatic heterocycles. The quantitative estimate of drug-likeness (QED) is 0.151. The van der Waals surface area contributed by atoms with Gasteiger partial charge in [-0.2, -0.15) is 0 Å². The zero-order valence-corrected chi connectivity index (χ0v) is 34.7. The second kappa shape index (κ2) is 16.6. The Bertz CT molecular complexity index is 3090. The minimum atomic E-state index is 1.16. The van der Waals surface area contributed by atoms with Crippen LogP contribution in [0.1, 0.15) is 0 Å². The predicted octanol–water partition coefficient (Wildman–Crippen LogP) is 16.8. The number of thiophene rings is 2. The number of hydrogen-bond donors (Lipinski definition) is 0. The molecule has 5 heteroatoms. The molecule has 2 heterocycles. The van der Waals surface area contributed by atoms with Gasteiger partial charge in [0, 0.05) is 72.1 Å². The van der Waals surface area contributed by atoms with Crippen molar-refractivity contribution in [1.82, 2.24) is 0 Å². The van der Waals surface area contributed by atoms with Crippen LogP contribution in [0.2, 0.25) is 0 Å². The zero-order chi connectivity index (χ0) is 40.3. The molecule has 3 nitrogen and oxygen atoms in total. The smallest absolute Gasteiger partial charge is 0.0640 e.